The number of hydrogen-bond donors (Lipinski definition) is 1. The number of benzene rings is 2. The number of fused-ring (bicyclic) bond motifs is 1. The summed E-state index contributed by atoms with van der Waals surface area (Å²) in [7, 11) is 0. The lowest BCUT2D eigenvalue weighted by molar-refractivity contribution is -0.120. The second-order valence-electron chi connectivity index (χ2n) is 5.97. The molecular formula is C18H16ClN3OS. The highest BCUT2D eigenvalue weighted by molar-refractivity contribution is 7.22. The van der Waals surface area contributed by atoms with Crippen molar-refractivity contribution in [1.82, 2.24) is 4.98 Å². The molecule has 1 aromatic heterocycles. The molecule has 0 aliphatic carbocycles. The largest absolute Gasteiger partial charge is 0.346 e. The van der Waals surface area contributed by atoms with Gasteiger partial charge in [-0.3, -0.25) is 4.79 Å². The van der Waals surface area contributed by atoms with Crippen LogP contribution in [0.15, 0.2) is 42.5 Å². The summed E-state index contributed by atoms with van der Waals surface area (Å²) < 4.78 is 1.18. The number of halogens is 1. The minimum absolute atomic E-state index is 0.0182. The van der Waals surface area contributed by atoms with Gasteiger partial charge in [0, 0.05) is 23.8 Å². The number of thiazole rings is 1. The average molecular weight is 358 g/mol. The first-order valence-electron chi connectivity index (χ1n) is 7.78. The molecule has 2 aromatic carbocycles. The Kier molecular flexibility index (Phi) is 3.90. The average Bonchev–Trinajstić information content (AvgIpc) is 2.93. The van der Waals surface area contributed by atoms with Crippen molar-refractivity contribution in [1.29, 1.82) is 0 Å². The number of amides is 1. The molecule has 1 fully saturated rings. The van der Waals surface area contributed by atoms with Crippen LogP contribution in [0.25, 0.3) is 10.2 Å². The Morgan fingerprint density at radius 2 is 2.04 bits per heavy atom. The quantitative estimate of drug-likeness (QED) is 0.758. The van der Waals surface area contributed by atoms with Gasteiger partial charge >= 0.3 is 0 Å². The van der Waals surface area contributed by atoms with Gasteiger partial charge in [-0.15, -0.1) is 0 Å². The Bertz CT molecular complexity index is 885. The number of carbonyl (C=O) groups excluding carboxylic acids is 1. The third kappa shape index (κ3) is 2.74. The third-order valence-electron chi connectivity index (χ3n) is 4.33. The Morgan fingerprint density at radius 3 is 2.83 bits per heavy atom. The number of para-hydroxylation sites is 1. The van der Waals surface area contributed by atoms with Gasteiger partial charge in [0.1, 0.15) is 0 Å². The van der Waals surface area contributed by atoms with E-state index in [1.807, 2.05) is 43.3 Å². The van der Waals surface area contributed by atoms with Crippen molar-refractivity contribution in [3.05, 3.63) is 53.1 Å². The zero-order chi connectivity index (χ0) is 16.7. The normalized spacial score (nSPS) is 14.7. The summed E-state index contributed by atoms with van der Waals surface area (Å²) in [5, 5.41) is 4.63. The van der Waals surface area contributed by atoms with Crippen molar-refractivity contribution in [2.45, 2.75) is 6.92 Å². The van der Waals surface area contributed by atoms with E-state index in [0.717, 1.165) is 21.9 Å². The highest BCUT2D eigenvalue weighted by Crippen LogP contribution is 2.33. The van der Waals surface area contributed by atoms with Crippen LogP contribution in [0.4, 0.5) is 10.8 Å². The molecule has 6 heteroatoms. The lowest BCUT2D eigenvalue weighted by Crippen LogP contribution is -2.52. The molecule has 1 amide bonds. The minimum atomic E-state index is -0.0182. The maximum Gasteiger partial charge on any atom is 0.231 e. The van der Waals surface area contributed by atoms with Gasteiger partial charge in [0.25, 0.3) is 0 Å². The molecule has 3 aromatic rings. The maximum absolute atomic E-state index is 12.4. The van der Waals surface area contributed by atoms with Crippen molar-refractivity contribution < 1.29 is 4.79 Å². The third-order valence-corrected chi connectivity index (χ3v) is 5.84. The smallest absolute Gasteiger partial charge is 0.231 e. The van der Waals surface area contributed by atoms with Crippen molar-refractivity contribution in [3.63, 3.8) is 0 Å². The van der Waals surface area contributed by atoms with Gasteiger partial charge in [-0.1, -0.05) is 41.1 Å². The summed E-state index contributed by atoms with van der Waals surface area (Å²) in [5.74, 6) is 0.0214. The fraction of sp³-hybridized carbons (Fsp3) is 0.222. The number of hydrogen-bond acceptors (Lipinski definition) is 4. The topological polar surface area (TPSA) is 45.2 Å². The number of rotatable bonds is 3. The number of aromatic nitrogens is 1. The summed E-state index contributed by atoms with van der Waals surface area (Å²) in [6, 6.07) is 13.6. The maximum atomic E-state index is 12.4. The van der Waals surface area contributed by atoms with Crippen LogP contribution < -0.4 is 10.2 Å². The minimum Gasteiger partial charge on any atom is -0.346 e. The van der Waals surface area contributed by atoms with Gasteiger partial charge in [0.2, 0.25) is 5.91 Å². The lowest BCUT2D eigenvalue weighted by atomic mass is 9.99. The zero-order valence-electron chi connectivity index (χ0n) is 13.1. The van der Waals surface area contributed by atoms with E-state index < -0.39 is 0 Å². The molecule has 0 spiro atoms. The fourth-order valence-electron chi connectivity index (χ4n) is 2.77. The highest BCUT2D eigenvalue weighted by Gasteiger charge is 2.34. The Hall–Kier alpha value is -2.11. The van der Waals surface area contributed by atoms with Crippen LogP contribution in [0.2, 0.25) is 5.02 Å². The van der Waals surface area contributed by atoms with Gasteiger partial charge in [-0.05, 0) is 36.8 Å². The zero-order valence-corrected chi connectivity index (χ0v) is 14.7. The molecule has 1 saturated heterocycles. The van der Waals surface area contributed by atoms with Gasteiger partial charge in [0.15, 0.2) is 5.13 Å². The Labute approximate surface area is 149 Å². The Balaban J connectivity index is 1.41. The van der Waals surface area contributed by atoms with Crippen LogP contribution in [-0.4, -0.2) is 24.0 Å². The molecule has 2 heterocycles. The molecule has 4 rings (SSSR count). The first-order valence-corrected chi connectivity index (χ1v) is 8.98. The summed E-state index contributed by atoms with van der Waals surface area (Å²) in [6.07, 6.45) is 0. The molecular weight excluding hydrogens is 342 g/mol. The standard InChI is InChI=1S/C18H16ClN3OS/c1-11-13(19)5-4-7-14(11)20-17(23)12-9-22(10-12)18-21-15-6-2-3-8-16(15)24-18/h2-8,12H,9-10H2,1H3,(H,20,23). The summed E-state index contributed by atoms with van der Waals surface area (Å²) >= 11 is 7.77. The fourth-order valence-corrected chi connectivity index (χ4v) is 3.93. The van der Waals surface area contributed by atoms with Crippen molar-refractivity contribution in [2.75, 3.05) is 23.3 Å². The molecule has 24 heavy (non-hydrogen) atoms. The molecule has 1 aliphatic rings. The van der Waals surface area contributed by atoms with Crippen LogP contribution in [0.1, 0.15) is 5.56 Å². The molecule has 0 saturated carbocycles. The van der Waals surface area contributed by atoms with Gasteiger partial charge in [-0.25, -0.2) is 4.98 Å². The number of anilines is 2. The van der Waals surface area contributed by atoms with E-state index in [4.69, 9.17) is 11.6 Å². The SMILES string of the molecule is Cc1c(Cl)cccc1NC(=O)C1CN(c2nc3ccccc3s2)C1. The van der Waals surface area contributed by atoms with Crippen molar-refractivity contribution >= 4 is 49.9 Å². The first kappa shape index (κ1) is 15.4. The molecule has 0 bridgehead atoms. The highest BCUT2D eigenvalue weighted by atomic mass is 35.5. The van der Waals surface area contributed by atoms with Gasteiger partial charge < -0.3 is 10.2 Å². The van der Waals surface area contributed by atoms with Crippen LogP contribution in [0.5, 0.6) is 0 Å². The predicted molar refractivity (Wildman–Crippen MR) is 100 cm³/mol. The molecule has 4 nitrogen and oxygen atoms in total. The van der Waals surface area contributed by atoms with E-state index in [-0.39, 0.29) is 11.8 Å². The molecule has 0 atom stereocenters. The van der Waals surface area contributed by atoms with Gasteiger partial charge in [0.05, 0.1) is 16.1 Å². The predicted octanol–water partition coefficient (Wildman–Crippen LogP) is 4.33. The van der Waals surface area contributed by atoms with E-state index >= 15 is 0 Å². The monoisotopic (exact) mass is 357 g/mol. The van der Waals surface area contributed by atoms with Crippen molar-refractivity contribution in [3.8, 4) is 0 Å². The molecule has 1 aliphatic heterocycles. The van der Waals surface area contributed by atoms with E-state index in [0.29, 0.717) is 18.1 Å². The summed E-state index contributed by atoms with van der Waals surface area (Å²) in [4.78, 5) is 19.2. The lowest BCUT2D eigenvalue weighted by Gasteiger charge is -2.38. The Morgan fingerprint density at radius 1 is 1.25 bits per heavy atom. The second-order valence-corrected chi connectivity index (χ2v) is 7.38. The van der Waals surface area contributed by atoms with Gasteiger partial charge in [-0.2, -0.15) is 0 Å². The van der Waals surface area contributed by atoms with Crippen LogP contribution in [0, 0.1) is 12.8 Å². The van der Waals surface area contributed by atoms with Crippen molar-refractivity contribution in [2.24, 2.45) is 5.92 Å². The molecule has 1 N–H and O–H groups in total. The van der Waals surface area contributed by atoms with E-state index in [2.05, 4.69) is 21.3 Å². The summed E-state index contributed by atoms with van der Waals surface area (Å²) in [6.45, 7) is 3.31. The van der Waals surface area contributed by atoms with E-state index in [1.165, 1.54) is 4.70 Å². The molecule has 122 valence electrons. The summed E-state index contributed by atoms with van der Waals surface area (Å²) in [5.41, 5.74) is 2.70. The second kappa shape index (κ2) is 6.07. The molecule has 0 radical (unpaired) electrons. The number of carbonyl (C=O) groups is 1. The first-order chi connectivity index (χ1) is 11.6. The van der Waals surface area contributed by atoms with Crippen LogP contribution >= 0.6 is 22.9 Å². The van der Waals surface area contributed by atoms with E-state index in [9.17, 15) is 4.79 Å². The van der Waals surface area contributed by atoms with E-state index in [1.54, 1.807) is 11.3 Å². The van der Waals surface area contributed by atoms with Crippen LogP contribution in [-0.2, 0) is 4.79 Å². The number of nitrogens with zero attached hydrogens (tertiary/aromatic N) is 2. The number of nitrogens with one attached hydrogen (secondary N) is 1. The van der Waals surface area contributed by atoms with Crippen LogP contribution in [0.3, 0.4) is 0 Å². The molecule has 0 unspecified atom stereocenters.